The fourth-order valence-corrected chi connectivity index (χ4v) is 3.68. The molecule has 0 unspecified atom stereocenters. The fraction of sp³-hybridized carbons (Fsp3) is 0.0714. The topological polar surface area (TPSA) is 47.6 Å². The number of hydrogen-bond donors (Lipinski definition) is 0. The molecule has 2 nitrogen and oxygen atoms in total. The van der Waals surface area contributed by atoms with E-state index in [1.54, 1.807) is 0 Å². The molecule has 0 aromatic heterocycles. The first-order valence-electron chi connectivity index (χ1n) is 9.95. The summed E-state index contributed by atoms with van der Waals surface area (Å²) in [5.74, 6) is 0. The molecule has 0 radical (unpaired) electrons. The van der Waals surface area contributed by atoms with Crippen LogP contribution in [0.3, 0.4) is 0 Å². The van der Waals surface area contributed by atoms with Gasteiger partial charge in [0.05, 0.1) is 23.3 Å². The van der Waals surface area contributed by atoms with E-state index in [-0.39, 0.29) is 0 Å². The van der Waals surface area contributed by atoms with Crippen LogP contribution >= 0.6 is 0 Å². The van der Waals surface area contributed by atoms with Gasteiger partial charge in [-0.15, -0.1) is 0 Å². The van der Waals surface area contributed by atoms with E-state index in [0.29, 0.717) is 11.1 Å². The number of benzene rings is 4. The molecule has 30 heavy (non-hydrogen) atoms. The summed E-state index contributed by atoms with van der Waals surface area (Å²) in [6, 6.07) is 36.8. The van der Waals surface area contributed by atoms with Crippen molar-refractivity contribution in [3.05, 3.63) is 119 Å². The molecule has 0 bridgehead atoms. The highest BCUT2D eigenvalue weighted by Crippen LogP contribution is 2.26. The Bertz CT molecular complexity index is 1240. The highest BCUT2D eigenvalue weighted by atomic mass is 14.3. The highest BCUT2D eigenvalue weighted by molar-refractivity contribution is 5.71. The van der Waals surface area contributed by atoms with E-state index in [9.17, 15) is 10.5 Å². The molecule has 0 atom stereocenters. The molecule has 0 aliphatic heterocycles. The monoisotopic (exact) mass is 384 g/mol. The van der Waals surface area contributed by atoms with Crippen molar-refractivity contribution in [3.8, 4) is 34.4 Å². The molecule has 0 aliphatic carbocycles. The average Bonchev–Trinajstić information content (AvgIpc) is 2.83. The van der Waals surface area contributed by atoms with Crippen LogP contribution in [0.4, 0.5) is 0 Å². The minimum Gasteiger partial charge on any atom is -0.192 e. The summed E-state index contributed by atoms with van der Waals surface area (Å²) in [7, 11) is 0. The van der Waals surface area contributed by atoms with Crippen LogP contribution in [0.5, 0.6) is 0 Å². The molecule has 4 rings (SSSR count). The Labute approximate surface area is 177 Å². The SMILES string of the molecule is N#Cc1ccccc1-c1ccc(CCc2ccc(-c3ccccc3)c(C#N)c2)cc1. The lowest BCUT2D eigenvalue weighted by Crippen LogP contribution is -1.94. The van der Waals surface area contributed by atoms with Gasteiger partial charge in [-0.3, -0.25) is 0 Å². The van der Waals surface area contributed by atoms with Crippen LogP contribution in [0.15, 0.2) is 97.1 Å². The highest BCUT2D eigenvalue weighted by Gasteiger charge is 2.07. The summed E-state index contributed by atoms with van der Waals surface area (Å²) < 4.78 is 0. The van der Waals surface area contributed by atoms with Gasteiger partial charge in [0.2, 0.25) is 0 Å². The Morgan fingerprint density at radius 3 is 1.80 bits per heavy atom. The van der Waals surface area contributed by atoms with Crippen molar-refractivity contribution >= 4 is 0 Å². The van der Waals surface area contributed by atoms with Gasteiger partial charge in [-0.1, -0.05) is 84.9 Å². The zero-order valence-corrected chi connectivity index (χ0v) is 16.5. The van der Waals surface area contributed by atoms with Crippen LogP contribution in [0, 0.1) is 22.7 Å². The quantitative estimate of drug-likeness (QED) is 0.392. The summed E-state index contributed by atoms with van der Waals surface area (Å²) in [4.78, 5) is 0. The Morgan fingerprint density at radius 2 is 1.07 bits per heavy atom. The van der Waals surface area contributed by atoms with E-state index in [4.69, 9.17) is 0 Å². The number of nitrogens with zero attached hydrogens (tertiary/aromatic N) is 2. The van der Waals surface area contributed by atoms with Crippen LogP contribution < -0.4 is 0 Å². The molecule has 0 fully saturated rings. The second-order valence-corrected chi connectivity index (χ2v) is 7.21. The smallest absolute Gasteiger partial charge is 0.0998 e. The Morgan fingerprint density at radius 1 is 0.500 bits per heavy atom. The standard InChI is InChI=1S/C28H20N2/c29-19-25-8-4-5-9-27(25)24-15-12-21(13-16-24)10-11-22-14-17-28(26(18-22)20-30)23-6-2-1-3-7-23/h1-9,12-18H,10-11H2. The summed E-state index contributed by atoms with van der Waals surface area (Å²) >= 11 is 0. The first-order chi connectivity index (χ1) is 14.8. The Hall–Kier alpha value is -4.14. The lowest BCUT2D eigenvalue weighted by Gasteiger charge is -2.09. The van der Waals surface area contributed by atoms with Crippen molar-refractivity contribution in [2.24, 2.45) is 0 Å². The van der Waals surface area contributed by atoms with Crippen LogP contribution in [0.2, 0.25) is 0 Å². The van der Waals surface area contributed by atoms with Gasteiger partial charge in [-0.25, -0.2) is 0 Å². The molecule has 0 spiro atoms. The number of hydrogen-bond acceptors (Lipinski definition) is 2. The Balaban J connectivity index is 1.49. The van der Waals surface area contributed by atoms with Gasteiger partial charge in [0.25, 0.3) is 0 Å². The molecular weight excluding hydrogens is 364 g/mol. The maximum atomic E-state index is 9.60. The maximum absolute atomic E-state index is 9.60. The molecule has 0 amide bonds. The van der Waals surface area contributed by atoms with E-state index in [0.717, 1.165) is 40.7 Å². The number of aryl methyl sites for hydroxylation is 2. The lowest BCUT2D eigenvalue weighted by molar-refractivity contribution is 0.960. The van der Waals surface area contributed by atoms with Crippen molar-refractivity contribution in [1.82, 2.24) is 0 Å². The Kier molecular flexibility index (Phi) is 5.70. The van der Waals surface area contributed by atoms with Gasteiger partial charge >= 0.3 is 0 Å². The minimum atomic E-state index is 0.688. The maximum Gasteiger partial charge on any atom is 0.0998 e. The average molecular weight is 384 g/mol. The fourth-order valence-electron chi connectivity index (χ4n) is 3.68. The number of nitriles is 2. The van der Waals surface area contributed by atoms with E-state index >= 15 is 0 Å². The van der Waals surface area contributed by atoms with Gasteiger partial charge in [-0.2, -0.15) is 10.5 Å². The van der Waals surface area contributed by atoms with Crippen molar-refractivity contribution in [2.45, 2.75) is 12.8 Å². The van der Waals surface area contributed by atoms with Crippen molar-refractivity contribution in [3.63, 3.8) is 0 Å². The van der Waals surface area contributed by atoms with Gasteiger partial charge < -0.3 is 0 Å². The molecule has 0 saturated heterocycles. The van der Waals surface area contributed by atoms with E-state index in [1.807, 2.05) is 66.7 Å². The molecule has 0 saturated carbocycles. The third-order valence-electron chi connectivity index (χ3n) is 5.30. The molecule has 142 valence electrons. The first kappa shape index (κ1) is 19.2. The zero-order chi connectivity index (χ0) is 20.8. The van der Waals surface area contributed by atoms with Gasteiger partial charge in [0.15, 0.2) is 0 Å². The molecule has 0 N–H and O–H groups in total. The lowest BCUT2D eigenvalue weighted by atomic mass is 9.95. The molecule has 4 aromatic carbocycles. The normalized spacial score (nSPS) is 10.2. The zero-order valence-electron chi connectivity index (χ0n) is 16.5. The predicted molar refractivity (Wildman–Crippen MR) is 121 cm³/mol. The first-order valence-corrected chi connectivity index (χ1v) is 9.95. The summed E-state index contributed by atoms with van der Waals surface area (Å²) in [5, 5.41) is 18.9. The second kappa shape index (κ2) is 8.91. The third-order valence-corrected chi connectivity index (χ3v) is 5.30. The molecule has 0 aliphatic rings. The van der Waals surface area contributed by atoms with Gasteiger partial charge in [0, 0.05) is 0 Å². The van der Waals surface area contributed by atoms with Gasteiger partial charge in [-0.05, 0) is 58.4 Å². The molecule has 0 heterocycles. The van der Waals surface area contributed by atoms with Gasteiger partial charge in [0.1, 0.15) is 0 Å². The van der Waals surface area contributed by atoms with Crippen molar-refractivity contribution < 1.29 is 0 Å². The summed E-state index contributed by atoms with van der Waals surface area (Å²) in [6.45, 7) is 0. The summed E-state index contributed by atoms with van der Waals surface area (Å²) in [6.07, 6.45) is 1.77. The minimum absolute atomic E-state index is 0.688. The predicted octanol–water partition coefficient (Wildman–Crippen LogP) is 6.55. The summed E-state index contributed by atoms with van der Waals surface area (Å²) in [5.41, 5.74) is 7.84. The van der Waals surface area contributed by atoms with Crippen molar-refractivity contribution in [1.29, 1.82) is 10.5 Å². The largest absolute Gasteiger partial charge is 0.192 e. The molecular formula is C28H20N2. The second-order valence-electron chi connectivity index (χ2n) is 7.21. The van der Waals surface area contributed by atoms with Crippen LogP contribution in [-0.2, 0) is 12.8 Å². The van der Waals surface area contributed by atoms with Crippen molar-refractivity contribution in [2.75, 3.05) is 0 Å². The molecule has 4 aromatic rings. The van der Waals surface area contributed by atoms with Crippen LogP contribution in [-0.4, -0.2) is 0 Å². The van der Waals surface area contributed by atoms with E-state index in [1.165, 1.54) is 5.56 Å². The van der Waals surface area contributed by atoms with Crippen LogP contribution in [0.25, 0.3) is 22.3 Å². The molecule has 2 heteroatoms. The number of rotatable bonds is 5. The third kappa shape index (κ3) is 4.14. The van der Waals surface area contributed by atoms with Crippen LogP contribution in [0.1, 0.15) is 22.3 Å². The van der Waals surface area contributed by atoms with E-state index in [2.05, 4.69) is 42.5 Å². The van der Waals surface area contributed by atoms with E-state index < -0.39 is 0 Å².